The van der Waals surface area contributed by atoms with Gasteiger partial charge in [-0.25, -0.2) is 15.0 Å². The molecule has 14 heteroatoms. The van der Waals surface area contributed by atoms with Crippen LogP contribution in [0, 0.1) is 9.49 Å². The Balaban J connectivity index is 1.25. The monoisotopic (exact) mass is 682 g/mol. The number of piperidine rings is 1. The molecule has 1 saturated heterocycles. The van der Waals surface area contributed by atoms with Crippen molar-refractivity contribution in [2.24, 2.45) is 5.92 Å². The zero-order valence-electron chi connectivity index (χ0n) is 20.6. The number of halogens is 2. The third kappa shape index (κ3) is 5.64. The predicted molar refractivity (Wildman–Crippen MR) is 152 cm³/mol. The van der Waals surface area contributed by atoms with Crippen molar-refractivity contribution in [1.82, 2.24) is 24.4 Å². The number of nitrogens with zero attached hydrogens (tertiary/aromatic N) is 5. The SMILES string of the molecule is Nc1ncnc2c1nc(Sc1cc3c(cc1I)OCO3)n2C[C@@H]1CCCN(Cc2cccc(S(=O)(=O)F)c2)C1. The van der Waals surface area contributed by atoms with E-state index in [9.17, 15) is 12.3 Å². The van der Waals surface area contributed by atoms with Crippen LogP contribution in [0.15, 0.2) is 57.7 Å². The highest BCUT2D eigenvalue weighted by atomic mass is 127. The summed E-state index contributed by atoms with van der Waals surface area (Å²) in [7, 11) is -4.74. The molecule has 204 valence electrons. The van der Waals surface area contributed by atoms with Crippen molar-refractivity contribution in [3.05, 3.63) is 51.9 Å². The van der Waals surface area contributed by atoms with E-state index >= 15 is 0 Å². The van der Waals surface area contributed by atoms with Gasteiger partial charge in [-0.1, -0.05) is 23.9 Å². The van der Waals surface area contributed by atoms with Crippen LogP contribution in [0.2, 0.25) is 0 Å². The Morgan fingerprint density at radius 2 is 2.00 bits per heavy atom. The molecule has 4 heterocycles. The van der Waals surface area contributed by atoms with Crippen LogP contribution >= 0.6 is 34.4 Å². The third-order valence-corrected chi connectivity index (χ3v) is 9.91. The normalized spacial score (nSPS) is 17.6. The van der Waals surface area contributed by atoms with E-state index in [1.165, 1.54) is 30.2 Å². The van der Waals surface area contributed by atoms with Gasteiger partial charge in [0.15, 0.2) is 33.6 Å². The van der Waals surface area contributed by atoms with E-state index < -0.39 is 10.2 Å². The number of aromatic nitrogens is 4. The summed E-state index contributed by atoms with van der Waals surface area (Å²) < 4.78 is 50.4. The van der Waals surface area contributed by atoms with Gasteiger partial charge < -0.3 is 19.8 Å². The number of hydrogen-bond donors (Lipinski definition) is 1. The number of imidazole rings is 1. The van der Waals surface area contributed by atoms with Gasteiger partial charge in [0.05, 0.1) is 4.90 Å². The quantitative estimate of drug-likeness (QED) is 0.221. The molecule has 0 radical (unpaired) electrons. The van der Waals surface area contributed by atoms with Gasteiger partial charge in [0.1, 0.15) is 6.33 Å². The minimum Gasteiger partial charge on any atom is -0.454 e. The highest BCUT2D eigenvalue weighted by molar-refractivity contribution is 14.1. The summed E-state index contributed by atoms with van der Waals surface area (Å²) in [4.78, 5) is 16.4. The molecule has 1 fully saturated rings. The molecular formula is C25H24FIN6O4S2. The van der Waals surface area contributed by atoms with Crippen molar-refractivity contribution in [1.29, 1.82) is 0 Å². The Morgan fingerprint density at radius 3 is 2.82 bits per heavy atom. The van der Waals surface area contributed by atoms with Crippen LogP contribution in [-0.4, -0.2) is 52.7 Å². The number of hydrogen-bond acceptors (Lipinski definition) is 10. The average molecular weight is 683 g/mol. The van der Waals surface area contributed by atoms with Gasteiger partial charge in [-0.05, 0) is 77.7 Å². The molecule has 0 aliphatic carbocycles. The minimum absolute atomic E-state index is 0.205. The van der Waals surface area contributed by atoms with Crippen molar-refractivity contribution >= 4 is 61.6 Å². The van der Waals surface area contributed by atoms with Crippen LogP contribution in [0.4, 0.5) is 9.70 Å². The molecule has 2 aliphatic heterocycles. The lowest BCUT2D eigenvalue weighted by atomic mass is 9.97. The maximum atomic E-state index is 13.5. The molecule has 6 rings (SSSR count). The van der Waals surface area contributed by atoms with E-state index in [0.717, 1.165) is 50.9 Å². The largest absolute Gasteiger partial charge is 0.454 e. The van der Waals surface area contributed by atoms with E-state index in [4.69, 9.17) is 20.2 Å². The summed E-state index contributed by atoms with van der Waals surface area (Å²) in [5, 5.41) is 0.756. The van der Waals surface area contributed by atoms with Crippen LogP contribution in [0.3, 0.4) is 0 Å². The second kappa shape index (κ2) is 10.7. The highest BCUT2D eigenvalue weighted by Crippen LogP contribution is 2.42. The van der Waals surface area contributed by atoms with Gasteiger partial charge in [0.25, 0.3) is 0 Å². The first kappa shape index (κ1) is 26.5. The number of rotatable bonds is 7. The molecule has 0 unspecified atom stereocenters. The fraction of sp³-hybridized carbons (Fsp3) is 0.320. The maximum Gasteiger partial charge on any atom is 0.332 e. The Labute approximate surface area is 242 Å². The Hall–Kier alpha value is -2.69. The van der Waals surface area contributed by atoms with Gasteiger partial charge in [-0.15, -0.1) is 3.89 Å². The number of nitrogen functional groups attached to an aromatic ring is 1. The molecular weight excluding hydrogens is 658 g/mol. The fourth-order valence-electron chi connectivity index (χ4n) is 5.01. The van der Waals surface area contributed by atoms with E-state index in [1.54, 1.807) is 6.07 Å². The summed E-state index contributed by atoms with van der Waals surface area (Å²) in [5.74, 6) is 2.04. The maximum absolute atomic E-state index is 13.5. The second-order valence-electron chi connectivity index (χ2n) is 9.50. The van der Waals surface area contributed by atoms with Crippen LogP contribution in [0.1, 0.15) is 18.4 Å². The second-order valence-corrected chi connectivity index (χ2v) is 13.0. The van der Waals surface area contributed by atoms with Crippen molar-refractivity contribution in [3.8, 4) is 11.5 Å². The zero-order chi connectivity index (χ0) is 27.1. The van der Waals surface area contributed by atoms with Gasteiger partial charge in [0.2, 0.25) is 6.79 Å². The van der Waals surface area contributed by atoms with E-state index in [-0.39, 0.29) is 17.6 Å². The van der Waals surface area contributed by atoms with Crippen molar-refractivity contribution < 1.29 is 21.8 Å². The number of fused-ring (bicyclic) bond motifs is 2. The summed E-state index contributed by atoms with van der Waals surface area (Å²) >= 11 is 3.80. The van der Waals surface area contributed by atoms with Crippen molar-refractivity contribution in [2.45, 2.75) is 40.9 Å². The first-order valence-electron chi connectivity index (χ1n) is 12.2. The number of nitrogens with two attached hydrogens (primary N) is 1. The molecule has 10 nitrogen and oxygen atoms in total. The summed E-state index contributed by atoms with van der Waals surface area (Å²) in [6.07, 6.45) is 3.45. The standard InChI is InChI=1S/C25H24FIN6O4S2/c26-39(34,35)17-5-1-3-15(7-17)10-32-6-2-4-16(11-32)12-33-24-22(23(28)29-13-30-24)31-25(33)38-21-9-20-19(8-18(21)27)36-14-37-20/h1,3,5,7-9,13,16H,2,4,6,10-12,14H2,(H2,28,29,30)/t16-/m1/s1. The molecule has 2 aliphatic rings. The van der Waals surface area contributed by atoms with Crippen LogP contribution < -0.4 is 15.2 Å². The number of likely N-dealkylation sites (tertiary alicyclic amines) is 1. The zero-order valence-corrected chi connectivity index (χ0v) is 24.4. The summed E-state index contributed by atoms with van der Waals surface area (Å²) in [6, 6.07) is 9.99. The number of ether oxygens (including phenoxy) is 2. The summed E-state index contributed by atoms with van der Waals surface area (Å²) in [5.41, 5.74) is 8.17. The molecule has 0 amide bonds. The molecule has 4 aromatic rings. The molecule has 39 heavy (non-hydrogen) atoms. The fourth-order valence-corrected chi connectivity index (χ4v) is 7.24. The molecule has 1 atom stereocenters. The van der Waals surface area contributed by atoms with Crippen molar-refractivity contribution in [3.63, 3.8) is 0 Å². The van der Waals surface area contributed by atoms with Gasteiger partial charge in [-0.2, -0.15) is 8.42 Å². The number of anilines is 1. The Kier molecular flexibility index (Phi) is 7.28. The van der Waals surface area contributed by atoms with Gasteiger partial charge in [-0.3, -0.25) is 4.90 Å². The number of benzene rings is 2. The lowest BCUT2D eigenvalue weighted by molar-refractivity contribution is 0.155. The highest BCUT2D eigenvalue weighted by Gasteiger charge is 2.26. The Bertz CT molecular complexity index is 1670. The third-order valence-electron chi connectivity index (χ3n) is 6.78. The van der Waals surface area contributed by atoms with Gasteiger partial charge in [0, 0.05) is 28.1 Å². The average Bonchev–Trinajstić information content (AvgIpc) is 3.49. The molecule has 0 spiro atoms. The first-order valence-corrected chi connectivity index (χ1v) is 15.5. The summed E-state index contributed by atoms with van der Waals surface area (Å²) in [6.45, 7) is 3.08. The minimum atomic E-state index is -4.74. The van der Waals surface area contributed by atoms with E-state index in [2.05, 4.69) is 42.0 Å². The Morgan fingerprint density at radius 1 is 1.18 bits per heavy atom. The lowest BCUT2D eigenvalue weighted by Crippen LogP contribution is -2.36. The molecule has 2 aromatic heterocycles. The van der Waals surface area contributed by atoms with E-state index in [1.807, 2.05) is 18.2 Å². The van der Waals surface area contributed by atoms with Gasteiger partial charge >= 0.3 is 10.2 Å². The topological polar surface area (TPSA) is 125 Å². The van der Waals surface area contributed by atoms with Crippen molar-refractivity contribution in [2.75, 3.05) is 25.6 Å². The molecule has 0 saturated carbocycles. The predicted octanol–water partition coefficient (Wildman–Crippen LogP) is 4.46. The van der Waals surface area contributed by atoms with Crippen LogP contribution in [0.25, 0.3) is 11.2 Å². The smallest absolute Gasteiger partial charge is 0.332 e. The lowest BCUT2D eigenvalue weighted by Gasteiger charge is -2.33. The van der Waals surface area contributed by atoms with E-state index in [0.29, 0.717) is 35.8 Å². The first-order chi connectivity index (χ1) is 18.7. The molecule has 0 bridgehead atoms. The van der Waals surface area contributed by atoms with Crippen LogP contribution in [0.5, 0.6) is 11.5 Å². The molecule has 2 N–H and O–H groups in total. The molecule has 2 aromatic carbocycles. The van der Waals surface area contributed by atoms with Crippen LogP contribution in [-0.2, 0) is 23.3 Å².